The molecule has 30 heavy (non-hydrogen) atoms. The Hall–Kier alpha value is -2.94. The first-order valence-corrected chi connectivity index (χ1v) is 10.5. The topological polar surface area (TPSA) is 62.5 Å². The van der Waals surface area contributed by atoms with Gasteiger partial charge < -0.3 is 14.6 Å². The number of aliphatic hydroxyl groups excluding tert-OH is 1. The summed E-state index contributed by atoms with van der Waals surface area (Å²) in [5.74, 6) is 1.27. The number of aryl methyl sites for hydroxylation is 1. The molecule has 3 aromatic carbocycles. The zero-order valence-corrected chi connectivity index (χ0v) is 18.2. The highest BCUT2D eigenvalue weighted by Crippen LogP contribution is 2.37. The van der Waals surface area contributed by atoms with Gasteiger partial charge in [0.2, 0.25) is 0 Å². The van der Waals surface area contributed by atoms with Crippen molar-refractivity contribution in [2.24, 2.45) is 0 Å². The molecular formula is C25H25NO3S. The summed E-state index contributed by atoms with van der Waals surface area (Å²) >= 11 is 1.56. The quantitative estimate of drug-likeness (QED) is 0.496. The highest BCUT2D eigenvalue weighted by molar-refractivity contribution is 8.00. The van der Waals surface area contributed by atoms with E-state index < -0.39 is 0 Å². The van der Waals surface area contributed by atoms with Gasteiger partial charge in [0.05, 0.1) is 26.9 Å². The van der Waals surface area contributed by atoms with Crippen LogP contribution in [-0.2, 0) is 13.0 Å². The summed E-state index contributed by atoms with van der Waals surface area (Å²) in [6, 6.07) is 22.2. The van der Waals surface area contributed by atoms with Gasteiger partial charge in [-0.05, 0) is 59.9 Å². The van der Waals surface area contributed by atoms with Crippen LogP contribution in [0.25, 0.3) is 11.1 Å². The first kappa shape index (κ1) is 21.8. The summed E-state index contributed by atoms with van der Waals surface area (Å²) in [7, 11) is 3.20. The normalized spacial score (nSPS) is 11.6. The lowest BCUT2D eigenvalue weighted by Gasteiger charge is -2.18. The van der Waals surface area contributed by atoms with Crippen molar-refractivity contribution in [1.29, 1.82) is 5.26 Å². The molecule has 0 bridgehead atoms. The van der Waals surface area contributed by atoms with Crippen LogP contribution in [0.4, 0.5) is 0 Å². The van der Waals surface area contributed by atoms with Crippen molar-refractivity contribution in [2.75, 3.05) is 14.2 Å². The number of rotatable bonds is 8. The minimum Gasteiger partial charge on any atom is -0.493 e. The van der Waals surface area contributed by atoms with Crippen molar-refractivity contribution in [3.8, 4) is 28.7 Å². The summed E-state index contributed by atoms with van der Waals surface area (Å²) in [6.07, 6.45) is 0.562. The Morgan fingerprint density at radius 2 is 1.67 bits per heavy atom. The fraction of sp³-hybridized carbons (Fsp3) is 0.240. The highest BCUT2D eigenvalue weighted by Gasteiger charge is 2.18. The van der Waals surface area contributed by atoms with E-state index in [9.17, 15) is 10.4 Å². The van der Waals surface area contributed by atoms with Crippen LogP contribution in [0.2, 0.25) is 0 Å². The van der Waals surface area contributed by atoms with Crippen LogP contribution in [0.3, 0.4) is 0 Å². The van der Waals surface area contributed by atoms with Crippen LogP contribution in [0.5, 0.6) is 11.5 Å². The summed E-state index contributed by atoms with van der Waals surface area (Å²) in [6.45, 7) is 1.96. The largest absolute Gasteiger partial charge is 0.493 e. The van der Waals surface area contributed by atoms with Crippen molar-refractivity contribution in [1.82, 2.24) is 0 Å². The van der Waals surface area contributed by atoms with E-state index in [2.05, 4.69) is 18.2 Å². The van der Waals surface area contributed by atoms with Crippen LogP contribution >= 0.6 is 11.8 Å². The molecule has 154 valence electrons. The first-order valence-electron chi connectivity index (χ1n) is 9.66. The molecule has 0 saturated heterocycles. The predicted octanol–water partition coefficient (Wildman–Crippen LogP) is 5.40. The number of nitrogens with zero attached hydrogens (tertiary/aromatic N) is 1. The van der Waals surface area contributed by atoms with E-state index in [0.29, 0.717) is 17.9 Å². The van der Waals surface area contributed by atoms with E-state index in [1.165, 1.54) is 5.56 Å². The maximum Gasteiger partial charge on any atom is 0.161 e. The lowest BCUT2D eigenvalue weighted by Crippen LogP contribution is -2.07. The van der Waals surface area contributed by atoms with E-state index in [-0.39, 0.29) is 11.9 Å². The molecule has 0 saturated carbocycles. The average Bonchev–Trinajstić information content (AvgIpc) is 2.79. The molecule has 0 radical (unpaired) electrons. The number of aliphatic hydroxyl groups is 1. The zero-order valence-electron chi connectivity index (χ0n) is 17.4. The number of hydrogen-bond acceptors (Lipinski definition) is 5. The van der Waals surface area contributed by atoms with Crippen LogP contribution in [-0.4, -0.2) is 24.6 Å². The van der Waals surface area contributed by atoms with Gasteiger partial charge in [-0.15, -0.1) is 11.8 Å². The molecule has 0 heterocycles. The molecule has 1 unspecified atom stereocenters. The molecular weight excluding hydrogens is 394 g/mol. The van der Waals surface area contributed by atoms with Gasteiger partial charge in [0, 0.05) is 4.90 Å². The number of ether oxygens (including phenoxy) is 2. The number of nitriles is 1. The van der Waals surface area contributed by atoms with E-state index >= 15 is 0 Å². The third-order valence-corrected chi connectivity index (χ3v) is 6.03. The molecule has 4 nitrogen and oxygen atoms in total. The minimum absolute atomic E-state index is 0.0835. The van der Waals surface area contributed by atoms with Gasteiger partial charge in [-0.3, -0.25) is 0 Å². The summed E-state index contributed by atoms with van der Waals surface area (Å²) in [5.41, 5.74) is 4.88. The van der Waals surface area contributed by atoms with Gasteiger partial charge in [0.1, 0.15) is 5.25 Å². The second-order valence-electron chi connectivity index (χ2n) is 6.93. The van der Waals surface area contributed by atoms with Crippen molar-refractivity contribution < 1.29 is 14.6 Å². The Bertz CT molecular complexity index is 1040. The monoisotopic (exact) mass is 419 g/mol. The van der Waals surface area contributed by atoms with Gasteiger partial charge >= 0.3 is 0 Å². The van der Waals surface area contributed by atoms with Crippen molar-refractivity contribution in [2.45, 2.75) is 30.1 Å². The standard InChI is InChI=1S/C25H25NO3S/c1-17-7-10-21(11-8-17)30-22(15-26)13-18-5-4-6-20(16-27)25(18)19-9-12-23(28-2)24(14-19)29-3/h4-12,14,22,27H,13,16H2,1-3H3. The zero-order chi connectivity index (χ0) is 21.5. The molecule has 3 aromatic rings. The summed E-state index contributed by atoms with van der Waals surface area (Å²) < 4.78 is 10.8. The SMILES string of the molecule is COc1ccc(-c2c(CO)cccc2CC(C#N)Sc2ccc(C)cc2)cc1OC. The number of thioether (sulfide) groups is 1. The van der Waals surface area contributed by atoms with Crippen LogP contribution in [0.1, 0.15) is 16.7 Å². The van der Waals surface area contributed by atoms with E-state index in [0.717, 1.165) is 27.1 Å². The lowest BCUT2D eigenvalue weighted by atomic mass is 9.92. The minimum atomic E-state index is -0.249. The fourth-order valence-corrected chi connectivity index (χ4v) is 4.35. The predicted molar refractivity (Wildman–Crippen MR) is 121 cm³/mol. The van der Waals surface area contributed by atoms with Crippen LogP contribution < -0.4 is 9.47 Å². The third-order valence-electron chi connectivity index (χ3n) is 4.93. The van der Waals surface area contributed by atoms with Gasteiger partial charge in [-0.25, -0.2) is 0 Å². The van der Waals surface area contributed by atoms with Crippen LogP contribution in [0.15, 0.2) is 65.6 Å². The number of methoxy groups -OCH3 is 2. The van der Waals surface area contributed by atoms with E-state index in [4.69, 9.17) is 9.47 Å². The van der Waals surface area contributed by atoms with Crippen molar-refractivity contribution in [3.05, 3.63) is 77.4 Å². The molecule has 1 atom stereocenters. The first-order chi connectivity index (χ1) is 14.6. The Kier molecular flexibility index (Phi) is 7.40. The molecule has 0 aliphatic carbocycles. The average molecular weight is 420 g/mol. The van der Waals surface area contributed by atoms with Gasteiger partial charge in [-0.2, -0.15) is 5.26 Å². The summed E-state index contributed by atoms with van der Waals surface area (Å²) in [5, 5.41) is 19.5. The molecule has 0 fully saturated rings. The molecule has 5 heteroatoms. The van der Waals surface area contributed by atoms with Gasteiger partial charge in [0.25, 0.3) is 0 Å². The Morgan fingerprint density at radius 1 is 0.967 bits per heavy atom. The van der Waals surface area contributed by atoms with E-state index in [1.807, 2.05) is 55.5 Å². The number of benzene rings is 3. The molecule has 3 rings (SSSR count). The number of hydrogen-bond donors (Lipinski definition) is 1. The molecule has 0 aliphatic rings. The molecule has 0 aliphatic heterocycles. The van der Waals surface area contributed by atoms with Gasteiger partial charge in [-0.1, -0.05) is 42.0 Å². The fourth-order valence-electron chi connectivity index (χ4n) is 3.41. The smallest absolute Gasteiger partial charge is 0.161 e. The van der Waals surface area contributed by atoms with Crippen LogP contribution in [0, 0.1) is 18.3 Å². The molecule has 0 spiro atoms. The highest BCUT2D eigenvalue weighted by atomic mass is 32.2. The third kappa shape index (κ3) is 4.96. The maximum absolute atomic E-state index is 9.96. The Balaban J connectivity index is 1.97. The Morgan fingerprint density at radius 3 is 2.30 bits per heavy atom. The van der Waals surface area contributed by atoms with Gasteiger partial charge in [0.15, 0.2) is 11.5 Å². The Labute approximate surface area is 182 Å². The molecule has 0 amide bonds. The second kappa shape index (κ2) is 10.2. The summed E-state index contributed by atoms with van der Waals surface area (Å²) in [4.78, 5) is 1.07. The van der Waals surface area contributed by atoms with Crippen molar-refractivity contribution in [3.63, 3.8) is 0 Å². The second-order valence-corrected chi connectivity index (χ2v) is 8.21. The molecule has 0 aromatic heterocycles. The van der Waals surface area contributed by atoms with E-state index in [1.54, 1.807) is 26.0 Å². The van der Waals surface area contributed by atoms with Crippen molar-refractivity contribution >= 4 is 11.8 Å². The lowest BCUT2D eigenvalue weighted by molar-refractivity contribution is 0.282. The molecule has 1 N–H and O–H groups in total. The maximum atomic E-state index is 9.96.